The Labute approximate surface area is 162 Å². The van der Waals surface area contributed by atoms with E-state index in [-0.39, 0.29) is 29.8 Å². The molecule has 0 spiro atoms. The molecule has 0 radical (unpaired) electrons. The molecule has 11 nitrogen and oxygen atoms in total. The fraction of sp³-hybridized carbons (Fsp3) is 0.294. The summed E-state index contributed by atoms with van der Waals surface area (Å²) in [6.45, 7) is 2.47. The van der Waals surface area contributed by atoms with E-state index in [0.717, 1.165) is 24.8 Å². The summed E-state index contributed by atoms with van der Waals surface area (Å²) in [5, 5.41) is 0. The zero-order valence-corrected chi connectivity index (χ0v) is 15.6. The Balaban J connectivity index is 0.000000209. The summed E-state index contributed by atoms with van der Waals surface area (Å²) in [6, 6.07) is 9.79. The van der Waals surface area contributed by atoms with Crippen LogP contribution in [0.25, 0.3) is 0 Å². The van der Waals surface area contributed by atoms with E-state index in [9.17, 15) is 0 Å². The zero-order valence-electron chi connectivity index (χ0n) is 15.6. The van der Waals surface area contributed by atoms with Crippen LogP contribution in [0.15, 0.2) is 30.3 Å². The topological polar surface area (TPSA) is 191 Å². The molecule has 2 aromatic heterocycles. The van der Waals surface area contributed by atoms with Gasteiger partial charge >= 0.3 is 6.01 Å². The van der Waals surface area contributed by atoms with Gasteiger partial charge in [0, 0.05) is 6.42 Å². The normalized spacial score (nSPS) is 10.0. The SMILES string of the molecule is CCCCc1nc(N)nc(N)n1.Nc1nc(N)nc(OCc2ccccc2)n1. The van der Waals surface area contributed by atoms with Crippen molar-refractivity contribution < 1.29 is 4.74 Å². The van der Waals surface area contributed by atoms with Crippen LogP contribution < -0.4 is 27.7 Å². The fourth-order valence-electron chi connectivity index (χ4n) is 2.08. The van der Waals surface area contributed by atoms with E-state index < -0.39 is 0 Å². The highest BCUT2D eigenvalue weighted by molar-refractivity contribution is 5.28. The number of hydrogen-bond donors (Lipinski definition) is 4. The Kier molecular flexibility index (Phi) is 7.64. The van der Waals surface area contributed by atoms with Gasteiger partial charge in [-0.25, -0.2) is 0 Å². The maximum Gasteiger partial charge on any atom is 0.323 e. The zero-order chi connectivity index (χ0) is 20.4. The van der Waals surface area contributed by atoms with E-state index in [1.54, 1.807) is 0 Å². The smallest absolute Gasteiger partial charge is 0.323 e. The quantitative estimate of drug-likeness (QED) is 0.474. The highest BCUT2D eigenvalue weighted by atomic mass is 16.5. The second kappa shape index (κ2) is 10.4. The lowest BCUT2D eigenvalue weighted by Gasteiger charge is -2.04. The summed E-state index contributed by atoms with van der Waals surface area (Å²) < 4.78 is 5.33. The highest BCUT2D eigenvalue weighted by Gasteiger charge is 2.03. The van der Waals surface area contributed by atoms with Gasteiger partial charge in [0.25, 0.3) is 0 Å². The molecular weight excluding hydrogens is 360 g/mol. The summed E-state index contributed by atoms with van der Waals surface area (Å²) in [5.41, 5.74) is 22.6. The number of benzene rings is 1. The number of aryl methyl sites for hydroxylation is 1. The third kappa shape index (κ3) is 7.23. The van der Waals surface area contributed by atoms with Crippen LogP contribution in [0, 0.1) is 0 Å². The second-order valence-corrected chi connectivity index (χ2v) is 5.68. The Bertz CT molecular complexity index is 835. The molecule has 3 rings (SSSR count). The number of rotatable bonds is 6. The average molecular weight is 384 g/mol. The number of anilines is 4. The predicted octanol–water partition coefficient (Wildman–Crippen LogP) is 0.994. The van der Waals surface area contributed by atoms with Gasteiger partial charge in [0.05, 0.1) is 0 Å². The average Bonchev–Trinajstić information content (AvgIpc) is 2.65. The first kappa shape index (κ1) is 20.6. The van der Waals surface area contributed by atoms with Gasteiger partial charge in [0.1, 0.15) is 12.4 Å². The Hall–Kier alpha value is -3.76. The highest BCUT2D eigenvalue weighted by Crippen LogP contribution is 2.09. The summed E-state index contributed by atoms with van der Waals surface area (Å²) in [5.74, 6) is 1.19. The van der Waals surface area contributed by atoms with Crippen molar-refractivity contribution in [1.29, 1.82) is 0 Å². The van der Waals surface area contributed by atoms with Crippen LogP contribution in [0.2, 0.25) is 0 Å². The molecule has 0 saturated heterocycles. The van der Waals surface area contributed by atoms with E-state index in [4.69, 9.17) is 27.7 Å². The first-order valence-electron chi connectivity index (χ1n) is 8.66. The third-order valence-corrected chi connectivity index (χ3v) is 3.33. The minimum absolute atomic E-state index is 0.0514. The van der Waals surface area contributed by atoms with Crippen LogP contribution in [-0.4, -0.2) is 29.9 Å². The van der Waals surface area contributed by atoms with Gasteiger partial charge in [-0.05, 0) is 12.0 Å². The third-order valence-electron chi connectivity index (χ3n) is 3.33. The van der Waals surface area contributed by atoms with Gasteiger partial charge in [-0.15, -0.1) is 0 Å². The van der Waals surface area contributed by atoms with Crippen LogP contribution in [0.3, 0.4) is 0 Å². The predicted molar refractivity (Wildman–Crippen MR) is 107 cm³/mol. The summed E-state index contributed by atoms with van der Waals surface area (Å²) in [4.78, 5) is 22.8. The molecule has 11 heteroatoms. The van der Waals surface area contributed by atoms with Crippen molar-refractivity contribution in [2.45, 2.75) is 32.8 Å². The molecule has 0 amide bonds. The van der Waals surface area contributed by atoms with Gasteiger partial charge in [0.2, 0.25) is 23.8 Å². The van der Waals surface area contributed by atoms with Crippen molar-refractivity contribution in [1.82, 2.24) is 29.9 Å². The molecule has 0 saturated carbocycles. The lowest BCUT2D eigenvalue weighted by molar-refractivity contribution is 0.281. The first-order valence-corrected chi connectivity index (χ1v) is 8.66. The molecule has 28 heavy (non-hydrogen) atoms. The van der Waals surface area contributed by atoms with Crippen LogP contribution in [-0.2, 0) is 13.0 Å². The van der Waals surface area contributed by atoms with Gasteiger partial charge in [-0.3, -0.25) is 0 Å². The molecule has 3 aromatic rings. The summed E-state index contributed by atoms with van der Waals surface area (Å²) in [7, 11) is 0. The molecule has 0 atom stereocenters. The Morgan fingerprint density at radius 2 is 1.29 bits per heavy atom. The molecular formula is C17H24N10O. The standard InChI is InChI=1S/C10H11N5O.C7H13N5/c11-8-13-9(12)15-10(14-8)16-6-7-4-2-1-3-5-7;1-2-3-4-5-10-6(8)12-7(9)11-5/h1-5H,6H2,(H4,11,12,13,14,15);2-4H2,1H3,(H4,8,9,10,11,12). The minimum Gasteiger partial charge on any atom is -0.458 e. The molecule has 8 N–H and O–H groups in total. The van der Waals surface area contributed by atoms with Gasteiger partial charge in [0.15, 0.2) is 0 Å². The number of nitrogen functional groups attached to an aromatic ring is 4. The van der Waals surface area contributed by atoms with Crippen molar-refractivity contribution in [3.63, 3.8) is 0 Å². The molecule has 2 heterocycles. The molecule has 0 aliphatic heterocycles. The number of unbranched alkanes of at least 4 members (excludes halogenated alkanes) is 1. The van der Waals surface area contributed by atoms with Crippen LogP contribution >= 0.6 is 0 Å². The van der Waals surface area contributed by atoms with Crippen molar-refractivity contribution >= 4 is 23.8 Å². The number of hydrogen-bond acceptors (Lipinski definition) is 11. The van der Waals surface area contributed by atoms with Crippen LogP contribution in [0.5, 0.6) is 6.01 Å². The second-order valence-electron chi connectivity index (χ2n) is 5.68. The van der Waals surface area contributed by atoms with Crippen molar-refractivity contribution in [3.05, 3.63) is 41.7 Å². The van der Waals surface area contributed by atoms with Gasteiger partial charge in [-0.1, -0.05) is 43.7 Å². The lowest BCUT2D eigenvalue weighted by atomic mass is 10.2. The maximum absolute atomic E-state index is 5.41. The summed E-state index contributed by atoms with van der Waals surface area (Å²) in [6.07, 6.45) is 2.96. The van der Waals surface area contributed by atoms with Gasteiger partial charge in [-0.2, -0.15) is 29.9 Å². The number of nitrogens with two attached hydrogens (primary N) is 4. The van der Waals surface area contributed by atoms with Gasteiger partial charge < -0.3 is 27.7 Å². The number of ether oxygens (including phenoxy) is 1. The molecule has 148 valence electrons. The monoisotopic (exact) mass is 384 g/mol. The van der Waals surface area contributed by atoms with Crippen molar-refractivity contribution in [2.75, 3.05) is 22.9 Å². The lowest BCUT2D eigenvalue weighted by Crippen LogP contribution is -2.06. The fourth-order valence-corrected chi connectivity index (χ4v) is 2.08. The Morgan fingerprint density at radius 1 is 0.750 bits per heavy atom. The molecule has 0 bridgehead atoms. The van der Waals surface area contributed by atoms with E-state index >= 15 is 0 Å². The summed E-state index contributed by atoms with van der Waals surface area (Å²) >= 11 is 0. The minimum atomic E-state index is 0.0514. The van der Waals surface area contributed by atoms with Crippen molar-refractivity contribution in [2.24, 2.45) is 0 Å². The maximum atomic E-state index is 5.41. The number of nitrogens with zero attached hydrogens (tertiary/aromatic N) is 6. The van der Waals surface area contributed by atoms with Crippen LogP contribution in [0.4, 0.5) is 23.8 Å². The Morgan fingerprint density at radius 3 is 1.82 bits per heavy atom. The van der Waals surface area contributed by atoms with E-state index in [1.165, 1.54) is 0 Å². The number of aromatic nitrogens is 6. The molecule has 1 aromatic carbocycles. The molecule has 0 fully saturated rings. The molecule has 0 aliphatic rings. The van der Waals surface area contributed by atoms with Crippen LogP contribution in [0.1, 0.15) is 31.2 Å². The van der Waals surface area contributed by atoms with Crippen molar-refractivity contribution in [3.8, 4) is 6.01 Å². The first-order chi connectivity index (χ1) is 13.5. The van der Waals surface area contributed by atoms with E-state index in [1.807, 2.05) is 30.3 Å². The largest absolute Gasteiger partial charge is 0.458 e. The van der Waals surface area contributed by atoms with E-state index in [0.29, 0.717) is 12.4 Å². The van der Waals surface area contributed by atoms with E-state index in [2.05, 4.69) is 36.8 Å². The molecule has 0 unspecified atom stereocenters. The molecule has 0 aliphatic carbocycles.